The topological polar surface area (TPSA) is 118 Å². The minimum atomic E-state index is -0.776. The van der Waals surface area contributed by atoms with E-state index in [2.05, 4.69) is 26.3 Å². The number of rotatable bonds is 8. The van der Waals surface area contributed by atoms with E-state index in [9.17, 15) is 14.4 Å². The van der Waals surface area contributed by atoms with E-state index in [1.807, 2.05) is 0 Å². The van der Waals surface area contributed by atoms with Crippen LogP contribution in [0, 0.1) is 0 Å². The van der Waals surface area contributed by atoms with Gasteiger partial charge in [-0.3, -0.25) is 9.59 Å². The third-order valence-corrected chi connectivity index (χ3v) is 5.20. The number of nitrogens with one attached hydrogen (secondary N) is 1. The molecule has 176 valence electrons. The summed E-state index contributed by atoms with van der Waals surface area (Å²) >= 11 is 3.34. The van der Waals surface area contributed by atoms with Gasteiger partial charge in [-0.1, -0.05) is 28.1 Å². The smallest absolute Gasteiger partial charge is 0.362 e. The molecule has 0 bridgehead atoms. The summed E-state index contributed by atoms with van der Waals surface area (Å²) in [7, 11) is 0. The average molecular weight is 530 g/mol. The van der Waals surface area contributed by atoms with Gasteiger partial charge < -0.3 is 24.3 Å². The van der Waals surface area contributed by atoms with E-state index >= 15 is 0 Å². The summed E-state index contributed by atoms with van der Waals surface area (Å²) in [5.41, 5.74) is 0.493. The van der Waals surface area contributed by atoms with Crippen LogP contribution in [0.25, 0.3) is 5.69 Å². The van der Waals surface area contributed by atoms with E-state index < -0.39 is 24.0 Å². The predicted octanol–water partition coefficient (Wildman–Crippen LogP) is 2.60. The predicted molar refractivity (Wildman–Crippen MR) is 123 cm³/mol. The first kappa shape index (κ1) is 23.3. The van der Waals surface area contributed by atoms with Crippen molar-refractivity contribution < 1.29 is 28.5 Å². The first-order valence-corrected chi connectivity index (χ1v) is 11.1. The maximum atomic E-state index is 12.7. The van der Waals surface area contributed by atoms with Gasteiger partial charge >= 0.3 is 5.97 Å². The van der Waals surface area contributed by atoms with Crippen LogP contribution in [0.5, 0.6) is 17.2 Å². The Hall–Kier alpha value is -3.86. The Morgan fingerprint density at radius 1 is 1.15 bits per heavy atom. The monoisotopic (exact) mass is 529 g/mol. The summed E-state index contributed by atoms with van der Waals surface area (Å²) < 4.78 is 22.9. The zero-order valence-corrected chi connectivity index (χ0v) is 19.7. The number of nitrogens with zero attached hydrogens (tertiary/aromatic N) is 2. The number of esters is 1. The molecule has 0 saturated heterocycles. The Balaban J connectivity index is 1.47. The number of hydrogen-bond acceptors (Lipinski definition) is 8. The zero-order chi connectivity index (χ0) is 24.1. The second-order valence-electron chi connectivity index (χ2n) is 7.06. The molecule has 0 radical (unpaired) electrons. The molecule has 1 N–H and O–H groups in total. The molecule has 1 amide bonds. The fourth-order valence-electron chi connectivity index (χ4n) is 3.13. The minimum absolute atomic E-state index is 0.103. The van der Waals surface area contributed by atoms with E-state index in [0.717, 1.165) is 20.8 Å². The van der Waals surface area contributed by atoms with Gasteiger partial charge in [0.25, 0.3) is 11.5 Å². The van der Waals surface area contributed by atoms with Gasteiger partial charge in [-0.05, 0) is 42.8 Å². The third kappa shape index (κ3) is 5.37. The fraction of sp³-hybridized carbons (Fsp3) is 0.217. The molecule has 1 aliphatic heterocycles. The van der Waals surface area contributed by atoms with E-state index in [-0.39, 0.29) is 31.4 Å². The summed E-state index contributed by atoms with van der Waals surface area (Å²) in [6.45, 7) is 1.71. The first-order valence-electron chi connectivity index (χ1n) is 10.3. The third-order valence-electron chi connectivity index (χ3n) is 4.70. The summed E-state index contributed by atoms with van der Waals surface area (Å²) in [6, 6.07) is 13.3. The highest BCUT2D eigenvalue weighted by Crippen LogP contribution is 2.32. The van der Waals surface area contributed by atoms with Crippen molar-refractivity contribution >= 4 is 27.8 Å². The molecule has 0 atom stereocenters. The lowest BCUT2D eigenvalue weighted by Crippen LogP contribution is -2.30. The lowest BCUT2D eigenvalue weighted by atomic mass is 10.2. The molecule has 1 aromatic heterocycles. The van der Waals surface area contributed by atoms with Gasteiger partial charge in [0.05, 0.1) is 18.4 Å². The fourth-order valence-corrected chi connectivity index (χ4v) is 3.52. The summed E-state index contributed by atoms with van der Waals surface area (Å²) in [5.74, 6) is -0.118. The Labute approximate surface area is 202 Å². The molecular formula is C23H20BrN3O7. The number of carbonyl (C=O) groups is 2. The van der Waals surface area contributed by atoms with Crippen molar-refractivity contribution in [3.05, 3.63) is 74.6 Å². The van der Waals surface area contributed by atoms with E-state index in [4.69, 9.17) is 18.9 Å². The lowest BCUT2D eigenvalue weighted by molar-refractivity contribution is -0.123. The van der Waals surface area contributed by atoms with Crippen molar-refractivity contribution in [2.24, 2.45) is 0 Å². The normalized spacial score (nSPS) is 11.7. The van der Waals surface area contributed by atoms with Crippen LogP contribution in [0.3, 0.4) is 0 Å². The molecule has 3 aromatic rings. The van der Waals surface area contributed by atoms with Crippen molar-refractivity contribution in [3.63, 3.8) is 0 Å². The van der Waals surface area contributed by atoms with Crippen molar-refractivity contribution in [2.45, 2.75) is 13.5 Å². The van der Waals surface area contributed by atoms with Crippen LogP contribution in [0.15, 0.2) is 57.8 Å². The number of ether oxygens (including phenoxy) is 4. The van der Waals surface area contributed by atoms with Gasteiger partial charge in [-0.25, -0.2) is 4.79 Å². The number of benzene rings is 2. The molecule has 2 aromatic carbocycles. The van der Waals surface area contributed by atoms with Crippen molar-refractivity contribution in [2.75, 3.05) is 20.0 Å². The molecule has 0 spiro atoms. The molecular weight excluding hydrogens is 510 g/mol. The van der Waals surface area contributed by atoms with Gasteiger partial charge in [0.1, 0.15) is 0 Å². The molecule has 1 aliphatic rings. The van der Waals surface area contributed by atoms with Crippen LogP contribution in [0.4, 0.5) is 0 Å². The highest BCUT2D eigenvalue weighted by Gasteiger charge is 2.21. The van der Waals surface area contributed by atoms with Gasteiger partial charge in [-0.2, -0.15) is 9.78 Å². The second-order valence-corrected chi connectivity index (χ2v) is 7.98. The van der Waals surface area contributed by atoms with E-state index in [1.165, 1.54) is 0 Å². The van der Waals surface area contributed by atoms with Crippen LogP contribution < -0.4 is 25.1 Å². The molecule has 34 heavy (non-hydrogen) atoms. The van der Waals surface area contributed by atoms with Gasteiger partial charge in [-0.15, -0.1) is 0 Å². The highest BCUT2D eigenvalue weighted by atomic mass is 79.9. The quantitative estimate of drug-likeness (QED) is 0.442. The maximum absolute atomic E-state index is 12.7. The molecule has 4 rings (SSSR count). The Kier molecular flexibility index (Phi) is 7.12. The largest absolute Gasteiger partial charge is 0.481 e. The van der Waals surface area contributed by atoms with Crippen LogP contribution in [-0.4, -0.2) is 41.7 Å². The molecule has 0 fully saturated rings. The van der Waals surface area contributed by atoms with Crippen LogP contribution in [0.2, 0.25) is 0 Å². The molecule has 0 saturated carbocycles. The molecule has 2 heterocycles. The summed E-state index contributed by atoms with van der Waals surface area (Å²) in [4.78, 5) is 37.5. The Morgan fingerprint density at radius 3 is 2.76 bits per heavy atom. The number of amides is 1. The van der Waals surface area contributed by atoms with Crippen molar-refractivity contribution in [1.29, 1.82) is 0 Å². The summed E-state index contributed by atoms with van der Waals surface area (Å²) in [6.07, 6.45) is 0. The molecule has 11 heteroatoms. The van der Waals surface area contributed by atoms with Crippen molar-refractivity contribution in [1.82, 2.24) is 15.1 Å². The van der Waals surface area contributed by atoms with Crippen LogP contribution in [-0.2, 0) is 16.1 Å². The number of fused-ring (bicyclic) bond motifs is 1. The molecule has 10 nitrogen and oxygen atoms in total. The van der Waals surface area contributed by atoms with Gasteiger partial charge in [0.15, 0.2) is 23.9 Å². The maximum Gasteiger partial charge on any atom is 0.362 e. The lowest BCUT2D eigenvalue weighted by Gasteiger charge is -2.13. The van der Waals surface area contributed by atoms with Gasteiger partial charge in [0, 0.05) is 11.0 Å². The highest BCUT2D eigenvalue weighted by molar-refractivity contribution is 9.10. The van der Waals surface area contributed by atoms with E-state index in [1.54, 1.807) is 49.4 Å². The Bertz CT molecular complexity index is 1290. The van der Waals surface area contributed by atoms with Crippen molar-refractivity contribution in [3.8, 4) is 22.9 Å². The number of halogens is 1. The molecule has 0 unspecified atom stereocenters. The van der Waals surface area contributed by atoms with Crippen LogP contribution >= 0.6 is 15.9 Å². The number of carbonyl (C=O) groups excluding carboxylic acids is 2. The molecule has 0 aliphatic carbocycles. The SMILES string of the molecule is CCOC(=O)c1nn(-c2cccc(Br)c2)c(=O)cc1OCC(=O)NCc1ccc2c(c1)OCO2. The average Bonchev–Trinajstić information content (AvgIpc) is 3.29. The summed E-state index contributed by atoms with van der Waals surface area (Å²) in [5, 5.41) is 6.84. The number of hydrogen-bond donors (Lipinski definition) is 1. The Morgan fingerprint density at radius 2 is 1.97 bits per heavy atom. The standard InChI is InChI=1S/C23H20BrN3O7/c1-2-31-23(30)22-19(10-21(29)27(26-22)16-5-3-4-15(24)9-16)32-12-20(28)25-11-14-6-7-17-18(8-14)34-13-33-17/h3-10H,2,11-13H2,1H3,(H,25,28). The number of aromatic nitrogens is 2. The van der Waals surface area contributed by atoms with E-state index in [0.29, 0.717) is 17.2 Å². The first-order chi connectivity index (χ1) is 16.4. The minimum Gasteiger partial charge on any atom is -0.481 e. The second kappa shape index (κ2) is 10.4. The van der Waals surface area contributed by atoms with Gasteiger partial charge in [0.2, 0.25) is 12.5 Å². The zero-order valence-electron chi connectivity index (χ0n) is 18.1. The van der Waals surface area contributed by atoms with Crippen LogP contribution in [0.1, 0.15) is 23.0 Å².